The van der Waals surface area contributed by atoms with Gasteiger partial charge in [-0.05, 0) is 30.9 Å². The maximum atomic E-state index is 12.2. The molecular weight excluding hydrogens is 291 g/mol. The van der Waals surface area contributed by atoms with Crippen molar-refractivity contribution in [3.63, 3.8) is 0 Å². The molecule has 0 heterocycles. The van der Waals surface area contributed by atoms with Gasteiger partial charge in [-0.25, -0.2) is 4.99 Å². The molecule has 0 aliphatic heterocycles. The van der Waals surface area contributed by atoms with Crippen molar-refractivity contribution in [3.8, 4) is 11.9 Å². The van der Waals surface area contributed by atoms with Gasteiger partial charge in [0.25, 0.3) is 0 Å². The van der Waals surface area contributed by atoms with Crippen molar-refractivity contribution in [2.24, 2.45) is 4.99 Å². The zero-order valence-electron chi connectivity index (χ0n) is 10.8. The molecule has 4 nitrogen and oxygen atoms in total. The zero-order valence-corrected chi connectivity index (χ0v) is 11.6. The van der Waals surface area contributed by atoms with E-state index in [0.717, 1.165) is 17.3 Å². The third-order valence-corrected chi connectivity index (χ3v) is 2.66. The van der Waals surface area contributed by atoms with Crippen LogP contribution in [-0.2, 0) is 0 Å². The Kier molecular flexibility index (Phi) is 5.70. The fourth-order valence-electron chi connectivity index (χ4n) is 1.27. The second-order valence-corrected chi connectivity index (χ2v) is 4.53. The minimum atomic E-state index is -4.42. The maximum Gasteiger partial charge on any atom is 0.422 e. The molecule has 0 radical (unpaired) electrons. The predicted molar refractivity (Wildman–Crippen MR) is 72.1 cm³/mol. The van der Waals surface area contributed by atoms with Crippen LogP contribution in [0.15, 0.2) is 23.2 Å². The predicted octanol–water partition coefficient (Wildman–Crippen LogP) is 3.36. The van der Waals surface area contributed by atoms with E-state index >= 15 is 0 Å². The number of hydrogen-bond acceptors (Lipinski definition) is 4. The molecule has 1 aromatic carbocycles. The van der Waals surface area contributed by atoms with Gasteiger partial charge in [0.15, 0.2) is 18.0 Å². The van der Waals surface area contributed by atoms with E-state index in [1.807, 2.05) is 0 Å². The summed E-state index contributed by atoms with van der Waals surface area (Å²) in [7, 11) is 0. The Balaban J connectivity index is 3.04. The molecule has 8 heteroatoms. The second-order valence-electron chi connectivity index (χ2n) is 3.73. The number of nitrogens with zero attached hydrogens (tertiary/aromatic N) is 2. The Morgan fingerprint density at radius 3 is 2.75 bits per heavy atom. The summed E-state index contributed by atoms with van der Waals surface area (Å²) in [5.74, 6) is 0.0219. The van der Waals surface area contributed by atoms with Crippen LogP contribution in [0.1, 0.15) is 5.56 Å². The first-order chi connectivity index (χ1) is 9.35. The van der Waals surface area contributed by atoms with Crippen molar-refractivity contribution >= 4 is 22.6 Å². The number of thioether (sulfide) groups is 1. The van der Waals surface area contributed by atoms with Gasteiger partial charge in [-0.1, -0.05) is 17.8 Å². The third-order valence-electron chi connectivity index (χ3n) is 2.08. The number of ether oxygens (including phenoxy) is 1. The smallest absolute Gasteiger partial charge is 0.422 e. The Morgan fingerprint density at radius 1 is 1.50 bits per heavy atom. The van der Waals surface area contributed by atoms with Crippen LogP contribution in [0.2, 0.25) is 0 Å². The first kappa shape index (κ1) is 16.2. The molecule has 108 valence electrons. The van der Waals surface area contributed by atoms with Crippen molar-refractivity contribution in [3.05, 3.63) is 23.8 Å². The van der Waals surface area contributed by atoms with Crippen LogP contribution in [0.4, 0.5) is 18.9 Å². The molecule has 1 N–H and O–H groups in total. The minimum absolute atomic E-state index is 0.0219. The molecule has 0 aliphatic rings. The Hall–Kier alpha value is -1.88. The molecule has 0 fully saturated rings. The molecule has 0 aliphatic carbocycles. The Bertz CT molecular complexity index is 538. The third kappa shape index (κ3) is 5.40. The van der Waals surface area contributed by atoms with Gasteiger partial charge < -0.3 is 4.74 Å². The van der Waals surface area contributed by atoms with Crippen LogP contribution in [0.5, 0.6) is 5.75 Å². The van der Waals surface area contributed by atoms with E-state index in [0.29, 0.717) is 0 Å². The fourth-order valence-corrected chi connectivity index (χ4v) is 1.61. The molecule has 0 saturated carbocycles. The van der Waals surface area contributed by atoms with Gasteiger partial charge in [-0.3, -0.25) is 5.32 Å². The first-order valence-electron chi connectivity index (χ1n) is 5.43. The number of rotatable bonds is 3. The van der Waals surface area contributed by atoms with Crippen molar-refractivity contribution in [2.75, 3.05) is 12.9 Å². The second kappa shape index (κ2) is 7.05. The molecule has 1 aromatic rings. The molecule has 0 spiro atoms. The molecule has 20 heavy (non-hydrogen) atoms. The van der Waals surface area contributed by atoms with Crippen LogP contribution in [0, 0.1) is 18.4 Å². The van der Waals surface area contributed by atoms with Crippen LogP contribution in [-0.4, -0.2) is 24.2 Å². The van der Waals surface area contributed by atoms with Gasteiger partial charge >= 0.3 is 6.18 Å². The van der Waals surface area contributed by atoms with Crippen LogP contribution in [0.25, 0.3) is 0 Å². The van der Waals surface area contributed by atoms with Crippen molar-refractivity contribution in [1.82, 2.24) is 5.32 Å². The number of nitriles is 1. The number of aliphatic imine (C=N–C) groups is 1. The largest absolute Gasteiger partial charge is 0.482 e. The highest BCUT2D eigenvalue weighted by Gasteiger charge is 2.28. The Labute approximate surface area is 118 Å². The van der Waals surface area contributed by atoms with Gasteiger partial charge in [-0.2, -0.15) is 18.4 Å². The van der Waals surface area contributed by atoms with Gasteiger partial charge in [0.05, 0.1) is 0 Å². The van der Waals surface area contributed by atoms with Crippen molar-refractivity contribution in [1.29, 1.82) is 5.26 Å². The monoisotopic (exact) mass is 303 g/mol. The zero-order chi connectivity index (χ0) is 15.2. The lowest BCUT2D eigenvalue weighted by atomic mass is 10.2. The fraction of sp³-hybridized carbons (Fsp3) is 0.333. The van der Waals surface area contributed by atoms with Crippen molar-refractivity contribution < 1.29 is 17.9 Å². The summed E-state index contributed by atoms with van der Waals surface area (Å²) in [6.45, 7) is 0.343. The van der Waals surface area contributed by atoms with E-state index in [1.165, 1.54) is 12.1 Å². The molecule has 0 aromatic heterocycles. The molecule has 0 atom stereocenters. The first-order valence-corrected chi connectivity index (χ1v) is 6.66. The number of nitrogens with one attached hydrogen (secondary N) is 1. The lowest BCUT2D eigenvalue weighted by Crippen LogP contribution is -2.19. The number of amidine groups is 1. The minimum Gasteiger partial charge on any atom is -0.482 e. The lowest BCUT2D eigenvalue weighted by Gasteiger charge is -2.12. The van der Waals surface area contributed by atoms with Gasteiger partial charge in [-0.15, -0.1) is 0 Å². The quantitative estimate of drug-likeness (QED) is 0.402. The molecule has 0 unspecified atom stereocenters. The van der Waals surface area contributed by atoms with E-state index in [4.69, 9.17) is 10.00 Å². The van der Waals surface area contributed by atoms with Crippen LogP contribution >= 0.6 is 11.8 Å². The van der Waals surface area contributed by atoms with Crippen LogP contribution in [0.3, 0.4) is 0 Å². The van der Waals surface area contributed by atoms with E-state index in [-0.39, 0.29) is 16.6 Å². The molecule has 0 amide bonds. The number of hydrogen-bond donors (Lipinski definition) is 1. The number of aryl methyl sites for hydroxylation is 1. The summed E-state index contributed by atoms with van der Waals surface area (Å²) >= 11 is 1.16. The maximum absolute atomic E-state index is 12.2. The topological polar surface area (TPSA) is 57.4 Å². The van der Waals surface area contributed by atoms with Crippen molar-refractivity contribution in [2.45, 2.75) is 13.1 Å². The van der Waals surface area contributed by atoms with E-state index in [1.54, 1.807) is 25.4 Å². The number of benzene rings is 1. The summed E-state index contributed by atoms with van der Waals surface area (Å²) in [6.07, 6.45) is -1.03. The highest BCUT2D eigenvalue weighted by Crippen LogP contribution is 2.30. The summed E-state index contributed by atoms with van der Waals surface area (Å²) in [5.41, 5.74) is 0.979. The highest BCUT2D eigenvalue weighted by atomic mass is 32.2. The molecule has 1 rings (SSSR count). The summed E-state index contributed by atoms with van der Waals surface area (Å²) in [6, 6.07) is 4.70. The molecule has 0 bridgehead atoms. The number of alkyl halides is 3. The van der Waals surface area contributed by atoms with E-state index in [9.17, 15) is 13.2 Å². The normalized spacial score (nSPS) is 11.9. The van der Waals surface area contributed by atoms with Gasteiger partial charge in [0.2, 0.25) is 0 Å². The summed E-state index contributed by atoms with van der Waals surface area (Å²) in [4.78, 5) is 4.06. The van der Waals surface area contributed by atoms with E-state index in [2.05, 4.69) is 10.3 Å². The van der Waals surface area contributed by atoms with Crippen LogP contribution < -0.4 is 10.1 Å². The van der Waals surface area contributed by atoms with Gasteiger partial charge in [0, 0.05) is 0 Å². The summed E-state index contributed by atoms with van der Waals surface area (Å²) in [5, 5.41) is 11.1. The number of halogens is 3. The lowest BCUT2D eigenvalue weighted by molar-refractivity contribution is -0.153. The van der Waals surface area contributed by atoms with E-state index < -0.39 is 12.8 Å². The summed E-state index contributed by atoms with van der Waals surface area (Å²) < 4.78 is 41.4. The average Bonchev–Trinajstić information content (AvgIpc) is 2.37. The Morgan fingerprint density at radius 2 is 2.20 bits per heavy atom. The molecule has 0 saturated heterocycles. The van der Waals surface area contributed by atoms with Gasteiger partial charge in [0.1, 0.15) is 11.4 Å². The average molecular weight is 303 g/mol. The highest BCUT2D eigenvalue weighted by molar-refractivity contribution is 8.13. The SMILES string of the molecule is CSC(=Nc1ccc(C)cc1OCC(F)(F)F)NC#N. The standard InChI is InChI=1S/C12H12F3N3OS/c1-8-3-4-9(18-11(20-2)17-7-16)10(5-8)19-6-12(13,14)15/h3-5H,6H2,1-2H3,(H,17,18). The molecular formula is C12H12F3N3OS.